The van der Waals surface area contributed by atoms with Gasteiger partial charge in [0.1, 0.15) is 5.75 Å². The topological polar surface area (TPSA) is 61.9 Å². The van der Waals surface area contributed by atoms with Gasteiger partial charge < -0.3 is 14.5 Å². The number of aryl methyl sites for hydroxylation is 1. The number of nitrogens with zero attached hydrogens (tertiary/aromatic N) is 2. The predicted molar refractivity (Wildman–Crippen MR) is 103 cm³/mol. The molecule has 28 heavy (non-hydrogen) atoms. The summed E-state index contributed by atoms with van der Waals surface area (Å²) in [7, 11) is 1.61. The number of halogens is 3. The molecule has 2 amide bonds. The monoisotopic (exact) mass is 417 g/mol. The van der Waals surface area contributed by atoms with Crippen LogP contribution >= 0.6 is 12.4 Å². The van der Waals surface area contributed by atoms with Gasteiger partial charge in [0, 0.05) is 39.0 Å². The minimum atomic E-state index is -2.82. The zero-order chi connectivity index (χ0) is 19.4. The molecular formula is C19H26ClF2N3O3. The van der Waals surface area contributed by atoms with Gasteiger partial charge in [0.05, 0.1) is 19.7 Å². The number of hydrogen-bond donors (Lipinski definition) is 1. The second kappa shape index (κ2) is 9.52. The molecule has 0 aromatic heterocycles. The number of nitrogens with one attached hydrogen (secondary N) is 1. The molecule has 1 atom stereocenters. The summed E-state index contributed by atoms with van der Waals surface area (Å²) in [5.74, 6) is -2.29. The van der Waals surface area contributed by atoms with E-state index in [1.54, 1.807) is 16.9 Å². The summed E-state index contributed by atoms with van der Waals surface area (Å²) < 4.78 is 31.6. The number of piperazine rings is 1. The number of amides is 2. The second-order valence-electron chi connectivity index (χ2n) is 7.05. The van der Waals surface area contributed by atoms with Gasteiger partial charge in [0.2, 0.25) is 11.8 Å². The Hall–Kier alpha value is -1.93. The largest absolute Gasteiger partial charge is 0.497 e. The van der Waals surface area contributed by atoms with Crippen molar-refractivity contribution in [2.45, 2.75) is 31.2 Å². The van der Waals surface area contributed by atoms with Crippen molar-refractivity contribution < 1.29 is 23.1 Å². The van der Waals surface area contributed by atoms with Gasteiger partial charge in [-0.3, -0.25) is 14.9 Å². The highest BCUT2D eigenvalue weighted by Gasteiger charge is 2.43. The van der Waals surface area contributed by atoms with Crippen LogP contribution in [0.4, 0.5) is 8.78 Å². The summed E-state index contributed by atoms with van der Waals surface area (Å²) in [6.07, 6.45) is 0.590. The van der Waals surface area contributed by atoms with E-state index < -0.39 is 24.9 Å². The van der Waals surface area contributed by atoms with Gasteiger partial charge in [-0.2, -0.15) is 0 Å². The van der Waals surface area contributed by atoms with E-state index in [9.17, 15) is 18.4 Å². The van der Waals surface area contributed by atoms with Gasteiger partial charge in [-0.05, 0) is 24.1 Å². The third kappa shape index (κ3) is 5.54. The number of benzene rings is 1. The van der Waals surface area contributed by atoms with E-state index in [-0.39, 0.29) is 24.2 Å². The molecular weight excluding hydrogens is 392 g/mol. The van der Waals surface area contributed by atoms with E-state index in [1.807, 2.05) is 24.3 Å². The maximum Gasteiger partial charge on any atom is 0.262 e. The molecule has 0 bridgehead atoms. The molecule has 2 heterocycles. The zero-order valence-corrected chi connectivity index (χ0v) is 16.6. The standard InChI is InChI=1S/C19H25F2N3O3.ClH/c1-27-15-5-2-14(3-6-15)4-7-17(25)23-8-10-24(11-9-23)18(26)16-12-19(20,21)13-22-16;/h2-3,5-6,16,22H,4,7-13H2,1H3;1H. The van der Waals surface area contributed by atoms with Crippen molar-refractivity contribution in [1.29, 1.82) is 0 Å². The molecule has 3 rings (SSSR count). The van der Waals surface area contributed by atoms with Crippen LogP contribution in [-0.2, 0) is 16.0 Å². The minimum absolute atomic E-state index is 0. The molecule has 0 radical (unpaired) electrons. The molecule has 9 heteroatoms. The highest BCUT2D eigenvalue weighted by atomic mass is 35.5. The lowest BCUT2D eigenvalue weighted by molar-refractivity contribution is -0.140. The zero-order valence-electron chi connectivity index (χ0n) is 15.8. The van der Waals surface area contributed by atoms with Gasteiger partial charge >= 0.3 is 0 Å². The average Bonchev–Trinajstić information content (AvgIpc) is 3.05. The first-order chi connectivity index (χ1) is 12.9. The lowest BCUT2D eigenvalue weighted by Crippen LogP contribution is -2.54. The number of carbonyl (C=O) groups is 2. The Kier molecular flexibility index (Phi) is 7.60. The predicted octanol–water partition coefficient (Wildman–Crippen LogP) is 1.72. The first kappa shape index (κ1) is 22.4. The number of ether oxygens (including phenoxy) is 1. The summed E-state index contributed by atoms with van der Waals surface area (Å²) in [6, 6.07) is 6.78. The molecule has 1 N–H and O–H groups in total. The Morgan fingerprint density at radius 3 is 2.29 bits per heavy atom. The molecule has 2 aliphatic rings. The smallest absolute Gasteiger partial charge is 0.262 e. The highest BCUT2D eigenvalue weighted by Crippen LogP contribution is 2.26. The number of carbonyl (C=O) groups excluding carboxylic acids is 2. The number of alkyl halides is 2. The Morgan fingerprint density at radius 2 is 1.75 bits per heavy atom. The van der Waals surface area contributed by atoms with E-state index in [2.05, 4.69) is 5.32 Å². The van der Waals surface area contributed by atoms with Crippen LogP contribution in [0.15, 0.2) is 24.3 Å². The Labute approximate surface area is 169 Å². The van der Waals surface area contributed by atoms with Gasteiger partial charge in [-0.15, -0.1) is 12.4 Å². The van der Waals surface area contributed by atoms with Crippen LogP contribution in [0.2, 0.25) is 0 Å². The molecule has 156 valence electrons. The SMILES string of the molecule is COc1ccc(CCC(=O)N2CCN(C(=O)C3CC(F)(F)CN3)CC2)cc1.Cl. The minimum Gasteiger partial charge on any atom is -0.497 e. The molecule has 6 nitrogen and oxygen atoms in total. The summed E-state index contributed by atoms with van der Waals surface area (Å²) in [5, 5.41) is 2.59. The quantitative estimate of drug-likeness (QED) is 0.792. The second-order valence-corrected chi connectivity index (χ2v) is 7.05. The Bertz CT molecular complexity index is 680. The normalized spacial score (nSPS) is 21.2. The lowest BCUT2D eigenvalue weighted by atomic mass is 10.1. The maximum absolute atomic E-state index is 13.3. The van der Waals surface area contributed by atoms with Crippen LogP contribution in [0, 0.1) is 0 Å². The summed E-state index contributed by atoms with van der Waals surface area (Å²) in [5.41, 5.74) is 1.06. The van der Waals surface area contributed by atoms with E-state index in [1.165, 1.54) is 0 Å². The fraction of sp³-hybridized carbons (Fsp3) is 0.579. The molecule has 0 aliphatic carbocycles. The summed E-state index contributed by atoms with van der Waals surface area (Å²) in [6.45, 7) is 1.20. The van der Waals surface area contributed by atoms with Crippen LogP contribution in [0.1, 0.15) is 18.4 Å². The third-order valence-corrected chi connectivity index (χ3v) is 5.14. The van der Waals surface area contributed by atoms with Crippen molar-refractivity contribution in [2.24, 2.45) is 0 Å². The molecule has 1 aromatic rings. The van der Waals surface area contributed by atoms with Crippen LogP contribution in [0.25, 0.3) is 0 Å². The van der Waals surface area contributed by atoms with Gasteiger partial charge in [0.15, 0.2) is 0 Å². The highest BCUT2D eigenvalue weighted by molar-refractivity contribution is 5.85. The Balaban J connectivity index is 0.00000280. The lowest BCUT2D eigenvalue weighted by Gasteiger charge is -2.36. The van der Waals surface area contributed by atoms with Gasteiger partial charge in [-0.1, -0.05) is 12.1 Å². The molecule has 2 saturated heterocycles. The average molecular weight is 418 g/mol. The molecule has 1 unspecified atom stereocenters. The molecule has 2 fully saturated rings. The third-order valence-electron chi connectivity index (χ3n) is 5.14. The number of methoxy groups -OCH3 is 1. The van der Waals surface area contributed by atoms with Crippen LogP contribution < -0.4 is 10.1 Å². The van der Waals surface area contributed by atoms with E-state index in [4.69, 9.17) is 4.74 Å². The number of rotatable bonds is 5. The maximum atomic E-state index is 13.3. The van der Waals surface area contributed by atoms with Crippen molar-refractivity contribution in [1.82, 2.24) is 15.1 Å². The van der Waals surface area contributed by atoms with Crippen LogP contribution in [0.5, 0.6) is 5.75 Å². The molecule has 1 aromatic carbocycles. The fourth-order valence-electron chi connectivity index (χ4n) is 3.49. The van der Waals surface area contributed by atoms with Crippen molar-refractivity contribution in [3.05, 3.63) is 29.8 Å². The summed E-state index contributed by atoms with van der Waals surface area (Å²) >= 11 is 0. The van der Waals surface area contributed by atoms with Gasteiger partial charge in [-0.25, -0.2) is 8.78 Å². The van der Waals surface area contributed by atoms with E-state index in [0.29, 0.717) is 39.0 Å². The summed E-state index contributed by atoms with van der Waals surface area (Å²) in [4.78, 5) is 28.1. The van der Waals surface area contributed by atoms with Crippen LogP contribution in [0.3, 0.4) is 0 Å². The molecule has 0 saturated carbocycles. The van der Waals surface area contributed by atoms with Crippen molar-refractivity contribution >= 4 is 24.2 Å². The molecule has 2 aliphatic heterocycles. The first-order valence-corrected chi connectivity index (χ1v) is 9.19. The fourth-order valence-corrected chi connectivity index (χ4v) is 3.49. The van der Waals surface area contributed by atoms with Crippen LogP contribution in [-0.4, -0.2) is 73.4 Å². The van der Waals surface area contributed by atoms with Crippen molar-refractivity contribution in [3.8, 4) is 5.75 Å². The first-order valence-electron chi connectivity index (χ1n) is 9.19. The van der Waals surface area contributed by atoms with E-state index in [0.717, 1.165) is 11.3 Å². The Morgan fingerprint density at radius 1 is 1.14 bits per heavy atom. The number of hydrogen-bond acceptors (Lipinski definition) is 4. The van der Waals surface area contributed by atoms with E-state index >= 15 is 0 Å². The van der Waals surface area contributed by atoms with Crippen molar-refractivity contribution in [2.75, 3.05) is 39.8 Å². The van der Waals surface area contributed by atoms with Crippen molar-refractivity contribution in [3.63, 3.8) is 0 Å². The van der Waals surface area contributed by atoms with Gasteiger partial charge in [0.25, 0.3) is 5.92 Å². The molecule has 0 spiro atoms.